The van der Waals surface area contributed by atoms with Crippen LogP contribution in [-0.2, 0) is 11.3 Å². The van der Waals surface area contributed by atoms with E-state index in [1.165, 1.54) is 18.2 Å². The molecule has 0 saturated carbocycles. The molecule has 1 heterocycles. The molecule has 182 valence electrons. The summed E-state index contributed by atoms with van der Waals surface area (Å²) >= 11 is 0. The summed E-state index contributed by atoms with van der Waals surface area (Å²) in [6, 6.07) is 12.3. The minimum absolute atomic E-state index is 0.175. The van der Waals surface area contributed by atoms with Gasteiger partial charge in [-0.1, -0.05) is 31.0 Å². The second-order valence-electron chi connectivity index (χ2n) is 8.32. The van der Waals surface area contributed by atoms with Crippen molar-refractivity contribution < 1.29 is 13.9 Å². The number of carbonyl (C=O) groups is 1. The van der Waals surface area contributed by atoms with Gasteiger partial charge in [0.2, 0.25) is 0 Å². The van der Waals surface area contributed by atoms with Gasteiger partial charge >= 0.3 is 0 Å². The van der Waals surface area contributed by atoms with E-state index in [0.29, 0.717) is 43.0 Å². The Morgan fingerprint density at radius 2 is 1.91 bits per heavy atom. The van der Waals surface area contributed by atoms with Crippen molar-refractivity contribution in [3.05, 3.63) is 76.1 Å². The number of ether oxygens (including phenoxy) is 1. The fourth-order valence-corrected chi connectivity index (χ4v) is 4.08. The average molecular weight is 469 g/mol. The normalized spacial score (nSPS) is 12.1. The number of rotatable bonds is 12. The Bertz CT molecular complexity index is 1160. The van der Waals surface area contributed by atoms with Crippen LogP contribution in [0.15, 0.2) is 53.3 Å². The highest BCUT2D eigenvalue weighted by Gasteiger charge is 2.27. The second kappa shape index (κ2) is 12.4. The average Bonchev–Trinajstić information content (AvgIpc) is 2.85. The van der Waals surface area contributed by atoms with Crippen molar-refractivity contribution in [3.63, 3.8) is 0 Å². The first-order valence-electron chi connectivity index (χ1n) is 11.7. The summed E-state index contributed by atoms with van der Waals surface area (Å²) in [5.74, 6) is -0.291. The summed E-state index contributed by atoms with van der Waals surface area (Å²) < 4.78 is 20.7. The lowest BCUT2D eigenvalue weighted by molar-refractivity contribution is 0.0672. The summed E-state index contributed by atoms with van der Waals surface area (Å²) in [7, 11) is 1.57. The van der Waals surface area contributed by atoms with E-state index in [1.807, 2.05) is 13.0 Å². The van der Waals surface area contributed by atoms with Crippen molar-refractivity contribution in [2.24, 2.45) is 5.73 Å². The number of hydrogen-bond acceptors (Lipinski definition) is 5. The summed E-state index contributed by atoms with van der Waals surface area (Å²) in [6.07, 6.45) is 3.58. The number of para-hydroxylation sites is 1. The molecule has 0 aliphatic rings. The summed E-state index contributed by atoms with van der Waals surface area (Å²) in [5.41, 5.74) is 6.26. The van der Waals surface area contributed by atoms with E-state index in [9.17, 15) is 14.0 Å². The molecule has 1 unspecified atom stereocenters. The Balaban J connectivity index is 2.02. The summed E-state index contributed by atoms with van der Waals surface area (Å²) in [6.45, 7) is 3.59. The summed E-state index contributed by atoms with van der Waals surface area (Å²) in [4.78, 5) is 33.3. The SMILES string of the molecule is COCCn1c(C(C)N(CCCCCCN)C(=O)c2cccc(F)c2)nc2ccccc2c1=O. The maximum atomic E-state index is 13.9. The molecule has 0 fully saturated rings. The largest absolute Gasteiger partial charge is 0.383 e. The molecule has 34 heavy (non-hydrogen) atoms. The topological polar surface area (TPSA) is 90.4 Å². The van der Waals surface area contributed by atoms with Crippen molar-refractivity contribution in [1.82, 2.24) is 14.5 Å². The van der Waals surface area contributed by atoms with Crippen molar-refractivity contribution >= 4 is 16.8 Å². The zero-order valence-corrected chi connectivity index (χ0v) is 19.9. The molecule has 1 aromatic heterocycles. The van der Waals surface area contributed by atoms with Crippen molar-refractivity contribution in [2.75, 3.05) is 26.8 Å². The van der Waals surface area contributed by atoms with E-state index >= 15 is 0 Å². The third kappa shape index (κ3) is 6.07. The van der Waals surface area contributed by atoms with Crippen LogP contribution < -0.4 is 11.3 Å². The molecule has 7 nitrogen and oxygen atoms in total. The van der Waals surface area contributed by atoms with Gasteiger partial charge in [-0.3, -0.25) is 14.2 Å². The van der Waals surface area contributed by atoms with Gasteiger partial charge in [0, 0.05) is 19.2 Å². The van der Waals surface area contributed by atoms with Crippen LogP contribution in [0.1, 0.15) is 54.8 Å². The van der Waals surface area contributed by atoms with E-state index in [-0.39, 0.29) is 17.0 Å². The third-order valence-corrected chi connectivity index (χ3v) is 5.94. The molecule has 0 aliphatic heterocycles. The van der Waals surface area contributed by atoms with Crippen molar-refractivity contribution in [3.8, 4) is 0 Å². The predicted molar refractivity (Wildman–Crippen MR) is 131 cm³/mol. The number of benzene rings is 2. The monoisotopic (exact) mass is 468 g/mol. The van der Waals surface area contributed by atoms with Crippen LogP contribution in [0.3, 0.4) is 0 Å². The number of nitrogens with zero attached hydrogens (tertiary/aromatic N) is 3. The van der Waals surface area contributed by atoms with Crippen molar-refractivity contribution in [2.45, 2.75) is 45.2 Å². The molecule has 1 atom stereocenters. The maximum Gasteiger partial charge on any atom is 0.261 e. The molecule has 2 aromatic carbocycles. The Morgan fingerprint density at radius 1 is 1.15 bits per heavy atom. The number of amides is 1. The van der Waals surface area contributed by atoms with Gasteiger partial charge in [-0.25, -0.2) is 9.37 Å². The van der Waals surface area contributed by atoms with Crippen LogP contribution in [0.25, 0.3) is 10.9 Å². The van der Waals surface area contributed by atoms with Gasteiger partial charge < -0.3 is 15.4 Å². The highest BCUT2D eigenvalue weighted by atomic mass is 19.1. The highest BCUT2D eigenvalue weighted by molar-refractivity contribution is 5.94. The molecule has 0 bridgehead atoms. The third-order valence-electron chi connectivity index (χ3n) is 5.94. The minimum Gasteiger partial charge on any atom is -0.383 e. The number of methoxy groups -OCH3 is 1. The number of carbonyl (C=O) groups excluding carboxylic acids is 1. The van der Waals surface area contributed by atoms with Gasteiger partial charge in [-0.15, -0.1) is 0 Å². The maximum absolute atomic E-state index is 13.9. The lowest BCUT2D eigenvalue weighted by Crippen LogP contribution is -2.39. The van der Waals surface area contributed by atoms with E-state index < -0.39 is 11.9 Å². The lowest BCUT2D eigenvalue weighted by Gasteiger charge is -2.31. The summed E-state index contributed by atoms with van der Waals surface area (Å²) in [5, 5.41) is 0.513. The fourth-order valence-electron chi connectivity index (χ4n) is 4.08. The second-order valence-corrected chi connectivity index (χ2v) is 8.32. The van der Waals surface area contributed by atoms with E-state index in [2.05, 4.69) is 0 Å². The minimum atomic E-state index is -0.514. The van der Waals surface area contributed by atoms with Crippen LogP contribution in [0.4, 0.5) is 4.39 Å². The zero-order valence-electron chi connectivity index (χ0n) is 19.9. The number of fused-ring (bicyclic) bond motifs is 1. The first-order chi connectivity index (χ1) is 16.5. The molecule has 1 amide bonds. The van der Waals surface area contributed by atoms with Gasteiger partial charge in [0.1, 0.15) is 11.6 Å². The molecule has 0 saturated heterocycles. The van der Waals surface area contributed by atoms with E-state index in [4.69, 9.17) is 15.5 Å². The standard InChI is InChI=1S/C26H33FN4O3/c1-19(24-29-23-13-6-5-12-22(23)26(33)31(24)16-17-34-2)30(15-8-4-3-7-14-28)25(32)20-10-9-11-21(27)18-20/h5-6,9-13,18-19H,3-4,7-8,14-17,28H2,1-2H3. The Morgan fingerprint density at radius 3 is 2.65 bits per heavy atom. The number of halogens is 1. The Kier molecular flexibility index (Phi) is 9.30. The van der Waals surface area contributed by atoms with Crippen LogP contribution >= 0.6 is 0 Å². The Labute approximate surface area is 199 Å². The molecular weight excluding hydrogens is 435 g/mol. The molecule has 8 heteroatoms. The number of unbranched alkanes of at least 4 members (excludes halogenated alkanes) is 3. The first-order valence-corrected chi connectivity index (χ1v) is 11.7. The van der Waals surface area contributed by atoms with Gasteiger partial charge in [0.15, 0.2) is 0 Å². The zero-order chi connectivity index (χ0) is 24.5. The van der Waals surface area contributed by atoms with Gasteiger partial charge in [0.25, 0.3) is 11.5 Å². The fraction of sp³-hybridized carbons (Fsp3) is 0.423. The van der Waals surface area contributed by atoms with Crippen LogP contribution in [-0.4, -0.2) is 47.2 Å². The molecule has 3 rings (SSSR count). The van der Waals surface area contributed by atoms with Gasteiger partial charge in [0.05, 0.1) is 30.1 Å². The van der Waals surface area contributed by atoms with Crippen LogP contribution in [0.2, 0.25) is 0 Å². The molecule has 0 spiro atoms. The van der Waals surface area contributed by atoms with E-state index in [1.54, 1.807) is 40.8 Å². The van der Waals surface area contributed by atoms with Crippen LogP contribution in [0, 0.1) is 5.82 Å². The van der Waals surface area contributed by atoms with Gasteiger partial charge in [-0.2, -0.15) is 0 Å². The smallest absolute Gasteiger partial charge is 0.261 e. The number of aromatic nitrogens is 2. The molecule has 3 aromatic rings. The number of nitrogens with two attached hydrogens (primary N) is 1. The first kappa shape index (κ1) is 25.5. The predicted octanol–water partition coefficient (Wildman–Crippen LogP) is 3.90. The quantitative estimate of drug-likeness (QED) is 0.407. The van der Waals surface area contributed by atoms with Gasteiger partial charge in [-0.05, 0) is 56.6 Å². The van der Waals surface area contributed by atoms with Crippen LogP contribution in [0.5, 0.6) is 0 Å². The molecule has 0 radical (unpaired) electrons. The Hall–Kier alpha value is -3.10. The number of hydrogen-bond donors (Lipinski definition) is 1. The highest BCUT2D eigenvalue weighted by Crippen LogP contribution is 2.23. The lowest BCUT2D eigenvalue weighted by atomic mass is 10.1. The van der Waals surface area contributed by atoms with E-state index in [0.717, 1.165) is 25.7 Å². The molecule has 0 aliphatic carbocycles. The molecule has 2 N–H and O–H groups in total. The van der Waals surface area contributed by atoms with Crippen molar-refractivity contribution in [1.29, 1.82) is 0 Å². The molecular formula is C26H33FN4O3.